The van der Waals surface area contributed by atoms with E-state index < -0.39 is 6.04 Å². The van der Waals surface area contributed by atoms with Crippen LogP contribution < -0.4 is 0 Å². The summed E-state index contributed by atoms with van der Waals surface area (Å²) in [5, 5.41) is 21.8. The molecule has 1 atom stereocenters. The topological polar surface area (TPSA) is 110 Å². The SMILES string of the molecule is CC(C)C(CO)N=C(O)c1ccccc1-c1c2nc(c(-c3ccccc3)c3ccc([nH]3)c(-c3ccccc3)c3nc(c(-c4ccccc4)c4ccc1[nH]4)C=C3)C=C2. The number of hydrogen-bond donors (Lipinski definition) is 4. The quantitative estimate of drug-likeness (QED) is 0.0917. The fourth-order valence-electron chi connectivity index (χ4n) is 7.74. The molecule has 0 saturated heterocycles. The highest BCUT2D eigenvalue weighted by Crippen LogP contribution is 2.39. The second kappa shape index (κ2) is 15.2. The maximum Gasteiger partial charge on any atom is 0.214 e. The van der Waals surface area contributed by atoms with Crippen LogP contribution in [0.1, 0.15) is 42.2 Å². The molecule has 2 aliphatic heterocycles. The van der Waals surface area contributed by atoms with Crippen LogP contribution in [0, 0.1) is 5.92 Å². The van der Waals surface area contributed by atoms with Gasteiger partial charge in [0.25, 0.3) is 0 Å². The number of fused-ring (bicyclic) bond motifs is 8. The minimum absolute atomic E-state index is 0.0314. The first-order chi connectivity index (χ1) is 28.0. The van der Waals surface area contributed by atoms with Crippen molar-refractivity contribution in [1.82, 2.24) is 19.9 Å². The van der Waals surface area contributed by atoms with Crippen molar-refractivity contribution >= 4 is 52.3 Å². The van der Waals surface area contributed by atoms with Crippen molar-refractivity contribution in [3.05, 3.63) is 168 Å². The molecule has 7 heteroatoms. The van der Waals surface area contributed by atoms with E-state index in [9.17, 15) is 10.2 Å². The van der Waals surface area contributed by atoms with Gasteiger partial charge in [0, 0.05) is 49.9 Å². The number of rotatable bonds is 8. The predicted molar refractivity (Wildman–Crippen MR) is 235 cm³/mol. The van der Waals surface area contributed by atoms with Gasteiger partial charge in [0.05, 0.1) is 35.4 Å². The maximum atomic E-state index is 11.6. The minimum atomic E-state index is -0.459. The molecule has 4 aromatic carbocycles. The summed E-state index contributed by atoms with van der Waals surface area (Å²) in [6, 6.07) is 46.7. The van der Waals surface area contributed by atoms with Crippen LogP contribution in [-0.2, 0) is 0 Å². The molecule has 7 nitrogen and oxygen atoms in total. The Bertz CT molecular complexity index is 2830. The first kappa shape index (κ1) is 35.6. The molecule has 0 aliphatic carbocycles. The highest BCUT2D eigenvalue weighted by atomic mass is 16.3. The van der Waals surface area contributed by atoms with Gasteiger partial charge in [-0.25, -0.2) is 15.0 Å². The van der Waals surface area contributed by atoms with Crippen LogP contribution in [0.25, 0.3) is 90.9 Å². The van der Waals surface area contributed by atoms with E-state index in [1.807, 2.05) is 86.7 Å². The first-order valence-electron chi connectivity index (χ1n) is 19.3. The van der Waals surface area contributed by atoms with Gasteiger partial charge in [0.1, 0.15) is 0 Å². The van der Waals surface area contributed by atoms with E-state index in [0.29, 0.717) is 5.56 Å². The molecule has 0 amide bonds. The maximum absolute atomic E-state index is 11.6. The van der Waals surface area contributed by atoms with Crippen molar-refractivity contribution in [2.45, 2.75) is 19.9 Å². The molecular weight excluding hydrogens is 703 g/mol. The molecule has 5 heterocycles. The van der Waals surface area contributed by atoms with E-state index in [4.69, 9.17) is 9.97 Å². The monoisotopic (exact) mass is 743 g/mol. The summed E-state index contributed by atoms with van der Waals surface area (Å²) < 4.78 is 0. The molecule has 2 aliphatic rings. The van der Waals surface area contributed by atoms with Gasteiger partial charge in [-0.05, 0) is 82.8 Å². The third kappa shape index (κ3) is 6.79. The van der Waals surface area contributed by atoms with Crippen molar-refractivity contribution in [3.8, 4) is 44.5 Å². The first-order valence-corrected chi connectivity index (χ1v) is 19.3. The lowest BCUT2D eigenvalue weighted by Gasteiger charge is -2.15. The van der Waals surface area contributed by atoms with Crippen LogP contribution in [0.15, 0.2) is 145 Å². The molecule has 0 spiro atoms. The minimum Gasteiger partial charge on any atom is -0.493 e. The van der Waals surface area contributed by atoms with Crippen LogP contribution in [0.5, 0.6) is 0 Å². The number of nitrogens with one attached hydrogen (secondary N) is 2. The van der Waals surface area contributed by atoms with Crippen molar-refractivity contribution < 1.29 is 10.2 Å². The number of aromatic amines is 2. The lowest BCUT2D eigenvalue weighted by molar-refractivity contribution is 0.238. The number of aliphatic imine (C=N–C) groups is 1. The molecule has 0 saturated carbocycles. The fraction of sp³-hybridized carbons (Fsp3) is 0.100. The Morgan fingerprint density at radius 2 is 0.877 bits per heavy atom. The lowest BCUT2D eigenvalue weighted by atomic mass is 9.97. The molecule has 57 heavy (non-hydrogen) atoms. The van der Waals surface area contributed by atoms with Crippen LogP contribution >= 0.6 is 0 Å². The highest BCUT2D eigenvalue weighted by Gasteiger charge is 2.22. The number of hydrogen-bond acceptors (Lipinski definition) is 4. The number of benzene rings is 4. The zero-order chi connectivity index (χ0) is 38.9. The number of aliphatic hydroxyl groups excluding tert-OH is 2. The second-order valence-electron chi connectivity index (χ2n) is 14.6. The van der Waals surface area contributed by atoms with Crippen molar-refractivity contribution in [2.75, 3.05) is 6.61 Å². The third-order valence-corrected chi connectivity index (χ3v) is 10.6. The third-order valence-electron chi connectivity index (χ3n) is 10.6. The highest BCUT2D eigenvalue weighted by molar-refractivity contribution is 6.05. The van der Waals surface area contributed by atoms with E-state index in [2.05, 4.69) is 106 Å². The molecule has 9 rings (SSSR count). The smallest absolute Gasteiger partial charge is 0.214 e. The van der Waals surface area contributed by atoms with Gasteiger partial charge in [0.15, 0.2) is 0 Å². The molecule has 8 bridgehead atoms. The Hall–Kier alpha value is -7.09. The van der Waals surface area contributed by atoms with Gasteiger partial charge in [-0.1, -0.05) is 123 Å². The van der Waals surface area contributed by atoms with Crippen molar-refractivity contribution in [3.63, 3.8) is 0 Å². The normalized spacial score (nSPS) is 13.0. The van der Waals surface area contributed by atoms with Gasteiger partial charge in [-0.2, -0.15) is 0 Å². The number of H-pyrrole nitrogens is 2. The summed E-state index contributed by atoms with van der Waals surface area (Å²) >= 11 is 0. The van der Waals surface area contributed by atoms with E-state index >= 15 is 0 Å². The van der Waals surface area contributed by atoms with Gasteiger partial charge in [-0.3, -0.25) is 0 Å². The average Bonchev–Trinajstić information content (AvgIpc) is 4.09. The van der Waals surface area contributed by atoms with Crippen LogP contribution in [0.2, 0.25) is 0 Å². The zero-order valence-electron chi connectivity index (χ0n) is 31.7. The molecule has 7 aromatic rings. The second-order valence-corrected chi connectivity index (χ2v) is 14.6. The standard InChI is InChI=1S/C50H41N5O2/c1-31(2)45(30-56)55-50(57)36-21-13-12-20-35(36)49-43-28-26-41(53-43)47(33-16-8-4-9-17-33)39-24-22-37(51-39)46(32-14-6-3-7-15-32)38-23-25-40(52-38)48(34-18-10-5-11-19-34)42-27-29-44(49)54-42/h3-29,31,45,51,54,56H,30H2,1-2H3,(H,55,57). The van der Waals surface area contributed by atoms with Crippen LogP contribution in [0.4, 0.5) is 0 Å². The van der Waals surface area contributed by atoms with E-state index in [0.717, 1.165) is 89.4 Å². The summed E-state index contributed by atoms with van der Waals surface area (Å²) in [5.74, 6) is -0.105. The Kier molecular flexibility index (Phi) is 9.50. The van der Waals surface area contributed by atoms with E-state index in [1.165, 1.54) is 0 Å². The molecule has 3 aromatic heterocycles. The average molecular weight is 744 g/mol. The number of nitrogens with zero attached hydrogens (tertiary/aromatic N) is 3. The summed E-state index contributed by atoms with van der Waals surface area (Å²) in [7, 11) is 0. The largest absolute Gasteiger partial charge is 0.493 e. The Morgan fingerprint density at radius 3 is 1.28 bits per heavy atom. The summed E-state index contributed by atoms with van der Waals surface area (Å²) in [5.41, 5.74) is 14.8. The Balaban J connectivity index is 1.45. The van der Waals surface area contributed by atoms with Crippen molar-refractivity contribution in [1.29, 1.82) is 0 Å². The van der Waals surface area contributed by atoms with Crippen molar-refractivity contribution in [2.24, 2.45) is 10.9 Å². The van der Waals surface area contributed by atoms with Gasteiger partial charge >= 0.3 is 0 Å². The predicted octanol–water partition coefficient (Wildman–Crippen LogP) is 11.6. The van der Waals surface area contributed by atoms with Gasteiger partial charge < -0.3 is 20.2 Å². The van der Waals surface area contributed by atoms with E-state index in [1.54, 1.807) is 0 Å². The molecule has 0 fully saturated rings. The van der Waals surface area contributed by atoms with Gasteiger partial charge in [-0.15, -0.1) is 0 Å². The summed E-state index contributed by atoms with van der Waals surface area (Å²) in [6.45, 7) is 3.79. The molecule has 4 N–H and O–H groups in total. The Morgan fingerprint density at radius 1 is 0.509 bits per heavy atom. The van der Waals surface area contributed by atoms with Crippen LogP contribution in [-0.4, -0.2) is 48.7 Å². The molecule has 0 radical (unpaired) electrons. The molecule has 278 valence electrons. The molecular formula is C50H41N5O2. The lowest BCUT2D eigenvalue weighted by Crippen LogP contribution is -2.20. The van der Waals surface area contributed by atoms with Crippen LogP contribution in [0.3, 0.4) is 0 Å². The van der Waals surface area contributed by atoms with Gasteiger partial charge in [0.2, 0.25) is 5.90 Å². The summed E-state index contributed by atoms with van der Waals surface area (Å²) in [4.78, 5) is 22.9. The van der Waals surface area contributed by atoms with E-state index in [-0.39, 0.29) is 18.4 Å². The fourth-order valence-corrected chi connectivity index (χ4v) is 7.74. The summed E-state index contributed by atoms with van der Waals surface area (Å²) in [6.07, 6.45) is 8.29. The zero-order valence-corrected chi connectivity index (χ0v) is 31.7. The number of aliphatic hydroxyl groups is 2. The number of aromatic nitrogens is 4. The molecule has 1 unspecified atom stereocenters. The Labute approximate surface area is 331 Å².